The second kappa shape index (κ2) is 6.85. The second-order valence-corrected chi connectivity index (χ2v) is 7.02. The molecule has 2 aromatic carbocycles. The van der Waals surface area contributed by atoms with Crippen molar-refractivity contribution in [3.63, 3.8) is 0 Å². The van der Waals surface area contributed by atoms with E-state index < -0.39 is 0 Å². The minimum absolute atomic E-state index is 0.107. The molecule has 1 aliphatic heterocycles. The number of anilines is 2. The van der Waals surface area contributed by atoms with Crippen LogP contribution in [0, 0.1) is 6.92 Å². The van der Waals surface area contributed by atoms with Crippen molar-refractivity contribution >= 4 is 40.6 Å². The fourth-order valence-corrected chi connectivity index (χ4v) is 3.89. The van der Waals surface area contributed by atoms with Crippen molar-refractivity contribution < 1.29 is 4.79 Å². The lowest BCUT2D eigenvalue weighted by Crippen LogP contribution is -2.29. The molecule has 0 fully saturated rings. The molecule has 1 N–H and O–H groups in total. The van der Waals surface area contributed by atoms with Gasteiger partial charge in [0.1, 0.15) is 0 Å². The highest BCUT2D eigenvalue weighted by Crippen LogP contribution is 2.35. The Bertz CT molecular complexity index is 748. The van der Waals surface area contributed by atoms with Gasteiger partial charge in [0.15, 0.2) is 0 Å². The highest BCUT2D eigenvalue weighted by Gasteiger charge is 2.18. The molecule has 1 amide bonds. The van der Waals surface area contributed by atoms with Crippen LogP contribution in [0.25, 0.3) is 0 Å². The van der Waals surface area contributed by atoms with Crippen LogP contribution in [-0.4, -0.2) is 24.7 Å². The number of carbonyl (C=O) groups is 1. The van der Waals surface area contributed by atoms with Gasteiger partial charge in [-0.05, 0) is 49.7 Å². The number of hydrogen-bond acceptors (Lipinski definition) is 3. The fourth-order valence-electron chi connectivity index (χ4n) is 2.68. The van der Waals surface area contributed by atoms with Gasteiger partial charge in [0, 0.05) is 40.0 Å². The van der Waals surface area contributed by atoms with Gasteiger partial charge in [-0.15, -0.1) is 11.8 Å². The van der Waals surface area contributed by atoms with Gasteiger partial charge in [-0.2, -0.15) is 0 Å². The zero-order chi connectivity index (χ0) is 16.4. The summed E-state index contributed by atoms with van der Waals surface area (Å²) in [6, 6.07) is 11.4. The topological polar surface area (TPSA) is 32.3 Å². The Morgan fingerprint density at radius 2 is 2.17 bits per heavy atom. The van der Waals surface area contributed by atoms with Crippen LogP contribution in [0.1, 0.15) is 22.8 Å². The van der Waals surface area contributed by atoms with Crippen molar-refractivity contribution in [1.82, 2.24) is 0 Å². The van der Waals surface area contributed by atoms with Gasteiger partial charge in [-0.3, -0.25) is 4.79 Å². The molecule has 3 nitrogen and oxygen atoms in total. The Morgan fingerprint density at radius 3 is 2.96 bits per heavy atom. The van der Waals surface area contributed by atoms with E-state index in [9.17, 15) is 4.79 Å². The summed E-state index contributed by atoms with van der Waals surface area (Å²) in [7, 11) is 0. The molecule has 0 atom stereocenters. The van der Waals surface area contributed by atoms with E-state index in [4.69, 9.17) is 11.6 Å². The summed E-state index contributed by atoms with van der Waals surface area (Å²) >= 11 is 7.96. The minimum atomic E-state index is -0.107. The maximum atomic E-state index is 12.6. The van der Waals surface area contributed by atoms with Crippen molar-refractivity contribution in [2.24, 2.45) is 0 Å². The quantitative estimate of drug-likeness (QED) is 0.863. The first-order chi connectivity index (χ1) is 11.1. The van der Waals surface area contributed by atoms with Crippen LogP contribution in [0.15, 0.2) is 41.3 Å². The minimum Gasteiger partial charge on any atom is -0.370 e. The van der Waals surface area contributed by atoms with E-state index in [1.165, 1.54) is 4.90 Å². The molecule has 0 saturated carbocycles. The molecule has 3 rings (SSSR count). The number of halogens is 1. The van der Waals surface area contributed by atoms with Gasteiger partial charge in [-0.25, -0.2) is 0 Å². The molecule has 0 saturated heterocycles. The predicted octanol–water partition coefficient (Wildman–Crippen LogP) is 4.83. The number of amides is 1. The molecule has 2 aromatic rings. The summed E-state index contributed by atoms with van der Waals surface area (Å²) in [4.78, 5) is 16.1. The number of carbonyl (C=O) groups excluding carboxylic acids is 1. The lowest BCUT2D eigenvalue weighted by Gasteiger charge is -2.30. The smallest absolute Gasteiger partial charge is 0.255 e. The summed E-state index contributed by atoms with van der Waals surface area (Å²) in [6.45, 7) is 6.01. The van der Waals surface area contributed by atoms with Gasteiger partial charge >= 0.3 is 0 Å². The Balaban J connectivity index is 1.87. The number of nitrogens with zero attached hydrogens (tertiary/aromatic N) is 1. The van der Waals surface area contributed by atoms with E-state index in [2.05, 4.69) is 17.1 Å². The van der Waals surface area contributed by atoms with Crippen LogP contribution in [0.4, 0.5) is 11.4 Å². The molecular formula is C18H19ClN2OS. The van der Waals surface area contributed by atoms with Crippen LogP contribution in [0.5, 0.6) is 0 Å². The first-order valence-corrected chi connectivity index (χ1v) is 9.04. The monoisotopic (exact) mass is 346 g/mol. The van der Waals surface area contributed by atoms with Gasteiger partial charge in [0.25, 0.3) is 5.91 Å². The van der Waals surface area contributed by atoms with E-state index in [-0.39, 0.29) is 5.91 Å². The third-order valence-electron chi connectivity index (χ3n) is 4.08. The zero-order valence-corrected chi connectivity index (χ0v) is 14.8. The van der Waals surface area contributed by atoms with Crippen molar-refractivity contribution in [1.29, 1.82) is 0 Å². The SMILES string of the molecule is CCN1CCSc2ccc(C(=O)Nc3cccc(Cl)c3C)cc21. The Kier molecular flexibility index (Phi) is 4.83. The summed E-state index contributed by atoms with van der Waals surface area (Å²) in [5, 5.41) is 3.61. The van der Waals surface area contributed by atoms with E-state index in [1.807, 2.05) is 55.1 Å². The molecule has 0 unspecified atom stereocenters. The predicted molar refractivity (Wildman–Crippen MR) is 99.2 cm³/mol. The van der Waals surface area contributed by atoms with Crippen LogP contribution in [-0.2, 0) is 0 Å². The normalized spacial score (nSPS) is 13.6. The maximum absolute atomic E-state index is 12.6. The second-order valence-electron chi connectivity index (χ2n) is 5.48. The standard InChI is InChI=1S/C18H19ClN2OS/c1-3-21-9-10-23-17-8-7-13(11-16(17)21)18(22)20-15-6-4-5-14(19)12(15)2/h4-8,11H,3,9-10H2,1-2H3,(H,20,22). The zero-order valence-electron chi connectivity index (χ0n) is 13.2. The van der Waals surface area contributed by atoms with E-state index in [0.29, 0.717) is 10.6 Å². The van der Waals surface area contributed by atoms with E-state index >= 15 is 0 Å². The molecule has 120 valence electrons. The molecule has 0 aliphatic carbocycles. The lowest BCUT2D eigenvalue weighted by molar-refractivity contribution is 0.102. The molecule has 5 heteroatoms. The molecule has 1 aliphatic rings. The van der Waals surface area contributed by atoms with Gasteiger partial charge in [0.05, 0.1) is 5.69 Å². The Hall–Kier alpha value is -1.65. The van der Waals surface area contributed by atoms with Crippen molar-refractivity contribution in [3.8, 4) is 0 Å². The molecule has 1 heterocycles. The van der Waals surface area contributed by atoms with Crippen LogP contribution < -0.4 is 10.2 Å². The number of rotatable bonds is 3. The largest absolute Gasteiger partial charge is 0.370 e. The summed E-state index contributed by atoms with van der Waals surface area (Å²) in [5.74, 6) is 0.985. The van der Waals surface area contributed by atoms with Crippen LogP contribution in [0.2, 0.25) is 5.02 Å². The summed E-state index contributed by atoms with van der Waals surface area (Å²) in [5.41, 5.74) is 3.46. The van der Waals surface area contributed by atoms with Gasteiger partial charge in [-0.1, -0.05) is 17.7 Å². The third-order valence-corrected chi connectivity index (χ3v) is 5.53. The molecular weight excluding hydrogens is 328 g/mol. The number of benzene rings is 2. The number of nitrogens with one attached hydrogen (secondary N) is 1. The molecule has 0 aromatic heterocycles. The summed E-state index contributed by atoms with van der Waals surface area (Å²) in [6.07, 6.45) is 0. The van der Waals surface area contributed by atoms with Crippen molar-refractivity contribution in [3.05, 3.63) is 52.5 Å². The van der Waals surface area contributed by atoms with Crippen molar-refractivity contribution in [2.45, 2.75) is 18.7 Å². The number of thioether (sulfide) groups is 1. The maximum Gasteiger partial charge on any atom is 0.255 e. The molecule has 23 heavy (non-hydrogen) atoms. The highest BCUT2D eigenvalue weighted by molar-refractivity contribution is 7.99. The first-order valence-electron chi connectivity index (χ1n) is 7.68. The summed E-state index contributed by atoms with van der Waals surface area (Å²) < 4.78 is 0. The average Bonchev–Trinajstić information content (AvgIpc) is 2.57. The average molecular weight is 347 g/mol. The highest BCUT2D eigenvalue weighted by atomic mass is 35.5. The Labute approximate surface area is 146 Å². The molecule has 0 bridgehead atoms. The third kappa shape index (κ3) is 3.33. The van der Waals surface area contributed by atoms with Gasteiger partial charge in [0.2, 0.25) is 0 Å². The van der Waals surface area contributed by atoms with E-state index in [0.717, 1.165) is 35.8 Å². The van der Waals surface area contributed by atoms with Crippen LogP contribution in [0.3, 0.4) is 0 Å². The number of hydrogen-bond donors (Lipinski definition) is 1. The van der Waals surface area contributed by atoms with Crippen molar-refractivity contribution in [2.75, 3.05) is 29.1 Å². The first kappa shape index (κ1) is 16.2. The Morgan fingerprint density at radius 1 is 1.35 bits per heavy atom. The lowest BCUT2D eigenvalue weighted by atomic mass is 10.1. The molecule has 0 spiro atoms. The van der Waals surface area contributed by atoms with E-state index in [1.54, 1.807) is 0 Å². The fraction of sp³-hybridized carbons (Fsp3) is 0.278. The molecule has 0 radical (unpaired) electrons. The van der Waals surface area contributed by atoms with Gasteiger partial charge < -0.3 is 10.2 Å². The number of fused-ring (bicyclic) bond motifs is 1. The van der Waals surface area contributed by atoms with Crippen LogP contribution >= 0.6 is 23.4 Å².